The molecule has 0 radical (unpaired) electrons. The van der Waals surface area contributed by atoms with Crippen LogP contribution in [0.25, 0.3) is 0 Å². The van der Waals surface area contributed by atoms with Gasteiger partial charge in [0.05, 0.1) is 25.1 Å². The van der Waals surface area contributed by atoms with Gasteiger partial charge < -0.3 is 15.0 Å². The van der Waals surface area contributed by atoms with E-state index < -0.39 is 0 Å². The van der Waals surface area contributed by atoms with E-state index in [0.717, 1.165) is 42.6 Å². The van der Waals surface area contributed by atoms with Gasteiger partial charge in [0, 0.05) is 18.0 Å². The van der Waals surface area contributed by atoms with Gasteiger partial charge in [-0.2, -0.15) is 0 Å². The molecule has 1 N–H and O–H groups in total. The fourth-order valence-corrected chi connectivity index (χ4v) is 4.23. The van der Waals surface area contributed by atoms with Gasteiger partial charge >= 0.3 is 0 Å². The fraction of sp³-hybridized carbons (Fsp3) is 0.217. The zero-order valence-electron chi connectivity index (χ0n) is 16.0. The molecular weight excluding hydrogens is 382 g/mol. The molecule has 6 heteroatoms. The number of carbonyl (C=O) groups excluding carboxylic acids is 1. The van der Waals surface area contributed by atoms with Gasteiger partial charge in [-0.25, -0.2) is 4.98 Å². The number of nitrogens with zero attached hydrogens (tertiary/aromatic N) is 2. The van der Waals surface area contributed by atoms with Crippen LogP contribution < -0.4 is 10.2 Å². The topological polar surface area (TPSA) is 54.5 Å². The minimum Gasteiger partial charge on any atom is -0.378 e. The molecule has 1 saturated heterocycles. The number of carbonyl (C=O) groups is 1. The molecule has 0 bridgehead atoms. The molecule has 1 fully saturated rings. The number of aromatic nitrogens is 1. The third-order valence-electron chi connectivity index (χ3n) is 4.69. The van der Waals surface area contributed by atoms with Crippen molar-refractivity contribution in [2.24, 2.45) is 0 Å². The Morgan fingerprint density at radius 3 is 2.31 bits per heavy atom. The monoisotopic (exact) mass is 405 g/mol. The van der Waals surface area contributed by atoms with E-state index in [4.69, 9.17) is 4.74 Å². The van der Waals surface area contributed by atoms with Gasteiger partial charge in [0.2, 0.25) is 5.91 Å². The van der Waals surface area contributed by atoms with Crippen molar-refractivity contribution in [2.75, 3.05) is 36.5 Å². The molecule has 0 saturated carbocycles. The minimum absolute atomic E-state index is 0.0639. The first-order valence-corrected chi connectivity index (χ1v) is 10.5. The maximum Gasteiger partial charge on any atom is 0.242 e. The van der Waals surface area contributed by atoms with Crippen LogP contribution in [0.3, 0.4) is 0 Å². The lowest BCUT2D eigenvalue weighted by Gasteiger charge is -2.27. The number of anilines is 2. The summed E-state index contributed by atoms with van der Waals surface area (Å²) in [7, 11) is 0. The van der Waals surface area contributed by atoms with E-state index >= 15 is 0 Å². The van der Waals surface area contributed by atoms with Crippen molar-refractivity contribution in [3.63, 3.8) is 0 Å². The summed E-state index contributed by atoms with van der Waals surface area (Å²) in [5, 5.41) is 2.68. The van der Waals surface area contributed by atoms with Crippen LogP contribution in [-0.4, -0.2) is 37.2 Å². The maximum absolute atomic E-state index is 13.1. The molecular formula is C23H23N3O2S. The van der Waals surface area contributed by atoms with Crippen LogP contribution in [0.2, 0.25) is 0 Å². The average molecular weight is 406 g/mol. The van der Waals surface area contributed by atoms with Crippen LogP contribution in [0.5, 0.6) is 0 Å². The van der Waals surface area contributed by atoms with Gasteiger partial charge in [-0.3, -0.25) is 4.79 Å². The number of benzene rings is 2. The lowest BCUT2D eigenvalue weighted by atomic mass is 10.1. The molecule has 1 aliphatic heterocycles. The second kappa shape index (κ2) is 9.58. The number of hydrogen-bond acceptors (Lipinski definition) is 5. The van der Waals surface area contributed by atoms with E-state index in [1.54, 1.807) is 18.0 Å². The lowest BCUT2D eigenvalue weighted by molar-refractivity contribution is -0.115. The highest BCUT2D eigenvalue weighted by atomic mass is 32.2. The van der Waals surface area contributed by atoms with Crippen LogP contribution in [0.15, 0.2) is 83.9 Å². The Labute approximate surface area is 175 Å². The molecule has 148 valence electrons. The first kappa shape index (κ1) is 19.5. The van der Waals surface area contributed by atoms with E-state index in [0.29, 0.717) is 5.69 Å². The highest BCUT2D eigenvalue weighted by Crippen LogP contribution is 2.36. The van der Waals surface area contributed by atoms with Gasteiger partial charge in [-0.1, -0.05) is 48.5 Å². The van der Waals surface area contributed by atoms with Gasteiger partial charge in [0.15, 0.2) is 0 Å². The molecule has 1 amide bonds. The predicted molar refractivity (Wildman–Crippen MR) is 117 cm³/mol. The van der Waals surface area contributed by atoms with Crippen LogP contribution in [-0.2, 0) is 9.53 Å². The van der Waals surface area contributed by atoms with Crippen molar-refractivity contribution in [3.05, 3.63) is 84.6 Å². The summed E-state index contributed by atoms with van der Waals surface area (Å²) in [5.41, 5.74) is 1.67. The summed E-state index contributed by atoms with van der Waals surface area (Å²) >= 11 is 1.54. The van der Waals surface area contributed by atoms with E-state index in [2.05, 4.69) is 15.2 Å². The lowest BCUT2D eigenvalue weighted by Crippen LogP contribution is -2.36. The summed E-state index contributed by atoms with van der Waals surface area (Å²) in [4.78, 5) is 20.9. The molecule has 29 heavy (non-hydrogen) atoms. The Bertz CT molecular complexity index is 914. The third-order valence-corrected chi connectivity index (χ3v) is 5.95. The Hall–Kier alpha value is -2.83. The smallest absolute Gasteiger partial charge is 0.242 e. The first-order chi connectivity index (χ1) is 14.3. The molecule has 2 heterocycles. The fourth-order valence-electron chi connectivity index (χ4n) is 3.18. The molecule has 3 aromatic rings. The molecule has 1 unspecified atom stereocenters. The normalized spacial score (nSPS) is 15.0. The quantitative estimate of drug-likeness (QED) is 0.617. The number of amides is 1. The van der Waals surface area contributed by atoms with E-state index in [1.165, 1.54) is 0 Å². The van der Waals surface area contributed by atoms with Crippen molar-refractivity contribution >= 4 is 29.2 Å². The number of hydrogen-bond donors (Lipinski definition) is 1. The van der Waals surface area contributed by atoms with Gasteiger partial charge in [0.1, 0.15) is 11.1 Å². The molecule has 1 aliphatic rings. The molecule has 0 aliphatic carbocycles. The molecule has 1 aromatic heterocycles. The summed E-state index contributed by atoms with van der Waals surface area (Å²) in [6.45, 7) is 3.11. The Balaban J connectivity index is 1.48. The summed E-state index contributed by atoms with van der Waals surface area (Å²) in [6, 6.07) is 23.7. The summed E-state index contributed by atoms with van der Waals surface area (Å²) in [6.07, 6.45) is 1.72. The van der Waals surface area contributed by atoms with Gasteiger partial charge in [-0.05, 0) is 29.8 Å². The largest absolute Gasteiger partial charge is 0.378 e. The van der Waals surface area contributed by atoms with E-state index in [1.807, 2.05) is 72.8 Å². The Morgan fingerprint density at radius 1 is 0.966 bits per heavy atom. The van der Waals surface area contributed by atoms with Crippen molar-refractivity contribution in [1.29, 1.82) is 0 Å². The number of ether oxygens (including phenoxy) is 1. The highest BCUT2D eigenvalue weighted by molar-refractivity contribution is 8.00. The standard InChI is InChI=1S/C23H23N3O2S/c27-23(25-19-11-12-21(24-17-19)26-13-15-28-16-14-26)22(18-7-3-1-4-8-18)29-20-9-5-2-6-10-20/h1-12,17,22H,13-16H2,(H,25,27). The van der Waals surface area contributed by atoms with Crippen molar-refractivity contribution in [2.45, 2.75) is 10.1 Å². The number of rotatable bonds is 6. The van der Waals surface area contributed by atoms with Crippen molar-refractivity contribution in [1.82, 2.24) is 4.98 Å². The summed E-state index contributed by atoms with van der Waals surface area (Å²) < 4.78 is 5.39. The predicted octanol–water partition coefficient (Wildman–Crippen LogP) is 4.39. The van der Waals surface area contributed by atoms with E-state index in [-0.39, 0.29) is 11.2 Å². The average Bonchev–Trinajstić information content (AvgIpc) is 2.80. The molecule has 2 aromatic carbocycles. The Morgan fingerprint density at radius 2 is 1.66 bits per heavy atom. The van der Waals surface area contributed by atoms with Crippen molar-refractivity contribution < 1.29 is 9.53 Å². The zero-order valence-corrected chi connectivity index (χ0v) is 16.8. The maximum atomic E-state index is 13.1. The van der Waals surface area contributed by atoms with Crippen LogP contribution >= 0.6 is 11.8 Å². The van der Waals surface area contributed by atoms with Crippen molar-refractivity contribution in [3.8, 4) is 0 Å². The first-order valence-electron chi connectivity index (χ1n) is 9.66. The van der Waals surface area contributed by atoms with Crippen LogP contribution in [0.1, 0.15) is 10.8 Å². The minimum atomic E-state index is -0.350. The molecule has 4 rings (SSSR count). The SMILES string of the molecule is O=C(Nc1ccc(N2CCOCC2)nc1)C(Sc1ccccc1)c1ccccc1. The number of pyridine rings is 1. The third kappa shape index (κ3) is 5.16. The Kier molecular flexibility index (Phi) is 6.44. The second-order valence-electron chi connectivity index (χ2n) is 6.72. The highest BCUT2D eigenvalue weighted by Gasteiger charge is 2.22. The number of thioether (sulfide) groups is 1. The van der Waals surface area contributed by atoms with Gasteiger partial charge in [-0.15, -0.1) is 11.8 Å². The van der Waals surface area contributed by atoms with Crippen LogP contribution in [0.4, 0.5) is 11.5 Å². The second-order valence-corrected chi connectivity index (χ2v) is 7.89. The molecule has 0 spiro atoms. The molecule has 1 atom stereocenters. The number of morpholine rings is 1. The molecule has 5 nitrogen and oxygen atoms in total. The van der Waals surface area contributed by atoms with Gasteiger partial charge in [0.25, 0.3) is 0 Å². The summed E-state index contributed by atoms with van der Waals surface area (Å²) in [5.74, 6) is 0.843. The number of nitrogens with one attached hydrogen (secondary N) is 1. The van der Waals surface area contributed by atoms with Crippen LogP contribution in [0, 0.1) is 0 Å². The van der Waals surface area contributed by atoms with E-state index in [9.17, 15) is 4.79 Å². The zero-order chi connectivity index (χ0) is 19.9.